The van der Waals surface area contributed by atoms with Crippen LogP contribution in [0.2, 0.25) is 0 Å². The first-order valence-corrected chi connectivity index (χ1v) is 7.82. The summed E-state index contributed by atoms with van der Waals surface area (Å²) in [5.74, 6) is 0. The van der Waals surface area contributed by atoms with E-state index >= 15 is 0 Å². The SMILES string of the molecule is COCCN(CC1CCCN1)c1cc(Br)ccc1[N+](=O)[O-]. The van der Waals surface area contributed by atoms with E-state index in [0.717, 1.165) is 30.4 Å². The minimum absolute atomic E-state index is 0.132. The average molecular weight is 358 g/mol. The fourth-order valence-corrected chi connectivity index (χ4v) is 2.94. The van der Waals surface area contributed by atoms with Gasteiger partial charge in [-0.3, -0.25) is 10.1 Å². The third-order valence-corrected chi connectivity index (χ3v) is 4.14. The minimum atomic E-state index is -0.330. The number of nitrogens with one attached hydrogen (secondary N) is 1. The molecule has 0 bridgehead atoms. The number of hydrogen-bond donors (Lipinski definition) is 1. The highest BCUT2D eigenvalue weighted by Crippen LogP contribution is 2.31. The second-order valence-electron chi connectivity index (χ2n) is 5.12. The van der Waals surface area contributed by atoms with E-state index < -0.39 is 0 Å². The summed E-state index contributed by atoms with van der Waals surface area (Å²) in [5, 5.41) is 14.7. The van der Waals surface area contributed by atoms with Crippen molar-refractivity contribution in [1.29, 1.82) is 0 Å². The summed E-state index contributed by atoms with van der Waals surface area (Å²) < 4.78 is 5.98. The van der Waals surface area contributed by atoms with Crippen molar-refractivity contribution in [3.05, 3.63) is 32.8 Å². The zero-order valence-electron chi connectivity index (χ0n) is 12.0. The highest BCUT2D eigenvalue weighted by molar-refractivity contribution is 9.10. The van der Waals surface area contributed by atoms with Gasteiger partial charge in [-0.05, 0) is 31.5 Å². The van der Waals surface area contributed by atoms with Gasteiger partial charge in [0, 0.05) is 36.8 Å². The Morgan fingerprint density at radius 2 is 2.38 bits per heavy atom. The van der Waals surface area contributed by atoms with Crippen LogP contribution < -0.4 is 10.2 Å². The molecule has 0 saturated carbocycles. The first-order valence-electron chi connectivity index (χ1n) is 7.03. The van der Waals surface area contributed by atoms with Gasteiger partial charge in [-0.2, -0.15) is 0 Å². The van der Waals surface area contributed by atoms with Crippen LogP contribution in [-0.2, 0) is 4.74 Å². The molecule has 21 heavy (non-hydrogen) atoms. The van der Waals surface area contributed by atoms with Crippen molar-refractivity contribution in [3.8, 4) is 0 Å². The number of nitrogens with zero attached hydrogens (tertiary/aromatic N) is 2. The molecule has 6 nitrogen and oxygen atoms in total. The van der Waals surface area contributed by atoms with Crippen LogP contribution in [0.3, 0.4) is 0 Å². The first kappa shape index (κ1) is 16.2. The third-order valence-electron chi connectivity index (χ3n) is 3.64. The Kier molecular flexibility index (Phi) is 5.96. The molecule has 1 aromatic carbocycles. The molecule has 1 aliphatic heterocycles. The zero-order valence-corrected chi connectivity index (χ0v) is 13.6. The topological polar surface area (TPSA) is 67.6 Å². The molecule has 116 valence electrons. The number of ether oxygens (including phenoxy) is 1. The van der Waals surface area contributed by atoms with Crippen LogP contribution in [0.25, 0.3) is 0 Å². The van der Waals surface area contributed by atoms with Gasteiger partial charge in [-0.15, -0.1) is 0 Å². The molecular weight excluding hydrogens is 338 g/mol. The molecule has 7 heteroatoms. The van der Waals surface area contributed by atoms with Gasteiger partial charge >= 0.3 is 0 Å². The van der Waals surface area contributed by atoms with Crippen molar-refractivity contribution in [2.75, 3.05) is 38.3 Å². The lowest BCUT2D eigenvalue weighted by Crippen LogP contribution is -2.39. The van der Waals surface area contributed by atoms with Crippen molar-refractivity contribution in [3.63, 3.8) is 0 Å². The Morgan fingerprint density at radius 1 is 1.57 bits per heavy atom. The van der Waals surface area contributed by atoms with Crippen molar-refractivity contribution in [2.45, 2.75) is 18.9 Å². The Hall–Kier alpha value is -1.18. The molecule has 0 amide bonds. The summed E-state index contributed by atoms with van der Waals surface area (Å²) in [7, 11) is 1.64. The van der Waals surface area contributed by atoms with Crippen LogP contribution in [0.4, 0.5) is 11.4 Å². The van der Waals surface area contributed by atoms with Gasteiger partial charge < -0.3 is 15.0 Å². The molecule has 1 aromatic rings. The average Bonchev–Trinajstić information content (AvgIpc) is 2.96. The van der Waals surface area contributed by atoms with Gasteiger partial charge in [0.05, 0.1) is 11.5 Å². The van der Waals surface area contributed by atoms with Crippen LogP contribution in [-0.4, -0.2) is 44.3 Å². The molecule has 1 heterocycles. The second-order valence-corrected chi connectivity index (χ2v) is 6.04. The van der Waals surface area contributed by atoms with E-state index in [4.69, 9.17) is 4.74 Å². The van der Waals surface area contributed by atoms with Crippen LogP contribution in [0.1, 0.15) is 12.8 Å². The monoisotopic (exact) mass is 357 g/mol. The van der Waals surface area contributed by atoms with Gasteiger partial charge in [0.1, 0.15) is 5.69 Å². The van der Waals surface area contributed by atoms with Gasteiger partial charge in [0.15, 0.2) is 0 Å². The number of nitro benzene ring substituents is 1. The molecule has 1 saturated heterocycles. The van der Waals surface area contributed by atoms with Gasteiger partial charge in [0.25, 0.3) is 5.69 Å². The lowest BCUT2D eigenvalue weighted by molar-refractivity contribution is -0.384. The van der Waals surface area contributed by atoms with Crippen molar-refractivity contribution < 1.29 is 9.66 Å². The van der Waals surface area contributed by atoms with Crippen LogP contribution >= 0.6 is 15.9 Å². The molecule has 1 unspecified atom stereocenters. The summed E-state index contributed by atoms with van der Waals surface area (Å²) in [4.78, 5) is 13.0. The van der Waals surface area contributed by atoms with Crippen molar-refractivity contribution in [1.82, 2.24) is 5.32 Å². The third kappa shape index (κ3) is 4.39. The molecule has 1 N–H and O–H groups in total. The molecule has 1 fully saturated rings. The highest BCUT2D eigenvalue weighted by Gasteiger charge is 2.23. The number of hydrogen-bond acceptors (Lipinski definition) is 5. The maximum absolute atomic E-state index is 11.3. The Morgan fingerprint density at radius 3 is 3.00 bits per heavy atom. The number of nitro groups is 1. The molecule has 1 aliphatic rings. The molecule has 0 aliphatic carbocycles. The molecular formula is C14H20BrN3O3. The van der Waals surface area contributed by atoms with Crippen LogP contribution in [0.5, 0.6) is 0 Å². The maximum Gasteiger partial charge on any atom is 0.292 e. The van der Waals surface area contributed by atoms with E-state index in [1.54, 1.807) is 19.2 Å². The van der Waals surface area contributed by atoms with Crippen LogP contribution in [0.15, 0.2) is 22.7 Å². The second kappa shape index (κ2) is 7.72. The van der Waals surface area contributed by atoms with E-state index in [0.29, 0.717) is 24.9 Å². The van der Waals surface area contributed by atoms with Crippen molar-refractivity contribution >= 4 is 27.3 Å². The number of halogens is 1. The number of rotatable bonds is 7. The predicted octanol–water partition coefficient (Wildman–Crippen LogP) is 2.56. The van der Waals surface area contributed by atoms with Crippen molar-refractivity contribution in [2.24, 2.45) is 0 Å². The molecule has 0 spiro atoms. The zero-order chi connectivity index (χ0) is 15.2. The van der Waals surface area contributed by atoms with Gasteiger partial charge in [-0.25, -0.2) is 0 Å². The van der Waals surface area contributed by atoms with E-state index in [-0.39, 0.29) is 10.6 Å². The minimum Gasteiger partial charge on any atom is -0.383 e. The highest BCUT2D eigenvalue weighted by atomic mass is 79.9. The summed E-state index contributed by atoms with van der Waals surface area (Å²) in [5.41, 5.74) is 0.771. The van der Waals surface area contributed by atoms with Gasteiger partial charge in [0.2, 0.25) is 0 Å². The quantitative estimate of drug-likeness (QED) is 0.599. The fraction of sp³-hybridized carbons (Fsp3) is 0.571. The summed E-state index contributed by atoms with van der Waals surface area (Å²) in [6.45, 7) is 2.94. The van der Waals surface area contributed by atoms with Crippen LogP contribution in [0, 0.1) is 10.1 Å². The lowest BCUT2D eigenvalue weighted by atomic mass is 10.2. The molecule has 2 rings (SSSR count). The number of benzene rings is 1. The number of anilines is 1. The van der Waals surface area contributed by atoms with E-state index in [1.165, 1.54) is 0 Å². The lowest BCUT2D eigenvalue weighted by Gasteiger charge is -2.27. The number of methoxy groups -OCH3 is 1. The van der Waals surface area contributed by atoms with E-state index in [2.05, 4.69) is 21.2 Å². The fourth-order valence-electron chi connectivity index (χ4n) is 2.59. The molecule has 0 radical (unpaired) electrons. The maximum atomic E-state index is 11.3. The smallest absolute Gasteiger partial charge is 0.292 e. The summed E-state index contributed by atoms with van der Waals surface area (Å²) in [6, 6.07) is 5.43. The molecule has 1 atom stereocenters. The largest absolute Gasteiger partial charge is 0.383 e. The Balaban J connectivity index is 2.25. The summed E-state index contributed by atoms with van der Waals surface area (Å²) in [6.07, 6.45) is 2.26. The normalized spacial score (nSPS) is 17.9. The van der Waals surface area contributed by atoms with E-state index in [1.807, 2.05) is 11.0 Å². The standard InChI is InChI=1S/C14H20BrN3O3/c1-21-8-7-17(10-12-3-2-6-16-12)14-9-11(15)4-5-13(14)18(19)20/h4-5,9,12,16H,2-3,6-8,10H2,1H3. The predicted molar refractivity (Wildman–Crippen MR) is 85.9 cm³/mol. The molecule has 0 aromatic heterocycles. The summed E-state index contributed by atoms with van der Waals surface area (Å²) >= 11 is 3.40. The van der Waals surface area contributed by atoms with Gasteiger partial charge in [-0.1, -0.05) is 15.9 Å². The van der Waals surface area contributed by atoms with E-state index in [9.17, 15) is 10.1 Å². The first-order chi connectivity index (χ1) is 10.1. The Labute approximate surface area is 132 Å². The Bertz CT molecular complexity index is 492.